The number of nitrogens with zero attached hydrogens (tertiary/aromatic N) is 6. The number of alkyl halides is 3. The van der Waals surface area contributed by atoms with E-state index >= 15 is 0 Å². The Morgan fingerprint density at radius 2 is 1.82 bits per heavy atom. The van der Waals surface area contributed by atoms with Crippen LogP contribution in [0.2, 0.25) is 0 Å². The summed E-state index contributed by atoms with van der Waals surface area (Å²) in [7, 11) is -4.04. The van der Waals surface area contributed by atoms with Crippen LogP contribution in [0.4, 0.5) is 13.2 Å². The summed E-state index contributed by atoms with van der Waals surface area (Å²) in [5.74, 6) is -3.16. The summed E-state index contributed by atoms with van der Waals surface area (Å²) in [4.78, 5) is 21.4. The quantitative estimate of drug-likeness (QED) is 0.313. The molecule has 45 heavy (non-hydrogen) atoms. The number of aromatic nitrogens is 5. The molecule has 0 unspecified atom stereocenters. The molecule has 0 bridgehead atoms. The predicted octanol–water partition coefficient (Wildman–Crippen LogP) is 4.82. The van der Waals surface area contributed by atoms with Gasteiger partial charge in [-0.15, -0.1) is 10.2 Å². The van der Waals surface area contributed by atoms with Crippen molar-refractivity contribution in [3.05, 3.63) is 76.1 Å². The Morgan fingerprint density at radius 3 is 2.47 bits per heavy atom. The number of pyridine rings is 3. The van der Waals surface area contributed by atoms with E-state index in [1.807, 2.05) is 0 Å². The standard InChI is InChI=1S/C30H31F3N6O5S/c1-16-10-22-25(35-12-16)44-29(7-8-29)15-38(45(22,42)43)14-20-11-19(13-34-18(20)3)23(28(4,5)27(40)41)21-6-9-39-24(17(21)2)36-37-26(39)30(31,32)33/h6,9-13,23H,7-8,14-15H2,1-5H3,(H,40,41)/t23-/m0/s1. The topological polar surface area (TPSA) is 140 Å². The van der Waals surface area contributed by atoms with Crippen LogP contribution in [-0.4, -0.2) is 60.5 Å². The molecule has 6 rings (SSSR count). The van der Waals surface area contributed by atoms with Gasteiger partial charge in [0.2, 0.25) is 21.7 Å². The van der Waals surface area contributed by atoms with Gasteiger partial charge in [0, 0.05) is 36.7 Å². The summed E-state index contributed by atoms with van der Waals surface area (Å²) in [5, 5.41) is 17.4. The normalized spacial score (nSPS) is 18.3. The molecule has 238 valence electrons. The minimum atomic E-state index is -4.74. The lowest BCUT2D eigenvalue weighted by Crippen LogP contribution is -2.38. The van der Waals surface area contributed by atoms with Crippen LogP contribution in [0.25, 0.3) is 5.65 Å². The maximum Gasteiger partial charge on any atom is 0.452 e. The van der Waals surface area contributed by atoms with Crippen LogP contribution >= 0.6 is 0 Å². The fourth-order valence-corrected chi connectivity index (χ4v) is 7.57. The summed E-state index contributed by atoms with van der Waals surface area (Å²) in [6.45, 7) is 8.13. The van der Waals surface area contributed by atoms with Gasteiger partial charge in [0.05, 0.1) is 12.0 Å². The van der Waals surface area contributed by atoms with Gasteiger partial charge in [-0.2, -0.15) is 17.5 Å². The maximum absolute atomic E-state index is 14.0. The first-order chi connectivity index (χ1) is 20.9. The average Bonchev–Trinajstić information content (AvgIpc) is 3.56. The summed E-state index contributed by atoms with van der Waals surface area (Å²) in [5.41, 5.74) is 0.738. The van der Waals surface area contributed by atoms with Gasteiger partial charge in [0.25, 0.3) is 0 Å². The highest BCUT2D eigenvalue weighted by molar-refractivity contribution is 7.89. The Balaban J connectivity index is 1.46. The maximum atomic E-state index is 14.0. The van der Waals surface area contributed by atoms with Gasteiger partial charge in [-0.05, 0) is 87.4 Å². The monoisotopic (exact) mass is 644 g/mol. The number of aliphatic carboxylic acids is 1. The van der Waals surface area contributed by atoms with Crippen molar-refractivity contribution in [2.24, 2.45) is 5.41 Å². The van der Waals surface area contributed by atoms with E-state index in [1.165, 1.54) is 42.7 Å². The third-order valence-corrected chi connectivity index (χ3v) is 10.5. The van der Waals surface area contributed by atoms with E-state index in [-0.39, 0.29) is 29.5 Å². The van der Waals surface area contributed by atoms with E-state index < -0.39 is 44.9 Å². The van der Waals surface area contributed by atoms with Crippen molar-refractivity contribution in [2.45, 2.75) is 76.6 Å². The lowest BCUT2D eigenvalue weighted by molar-refractivity contribution is -0.147. The molecular weight excluding hydrogens is 613 g/mol. The second-order valence-corrected chi connectivity index (χ2v) is 14.4. The van der Waals surface area contributed by atoms with Crippen LogP contribution in [0.3, 0.4) is 0 Å². The van der Waals surface area contributed by atoms with E-state index in [2.05, 4.69) is 20.2 Å². The van der Waals surface area contributed by atoms with Gasteiger partial charge < -0.3 is 9.84 Å². The molecule has 1 saturated carbocycles. The first-order valence-electron chi connectivity index (χ1n) is 14.2. The highest BCUT2D eigenvalue weighted by Gasteiger charge is 2.52. The fraction of sp³-hybridized carbons (Fsp3) is 0.433. The van der Waals surface area contributed by atoms with Crippen LogP contribution in [0.5, 0.6) is 5.88 Å². The molecule has 2 aliphatic rings. The molecular formula is C30H31F3N6O5S. The largest absolute Gasteiger partial charge is 0.481 e. The Labute approximate surface area is 257 Å². The van der Waals surface area contributed by atoms with Crippen molar-refractivity contribution in [2.75, 3.05) is 6.54 Å². The Kier molecular flexibility index (Phi) is 7.01. The van der Waals surface area contributed by atoms with Gasteiger partial charge in [0.15, 0.2) is 5.65 Å². The number of aryl methyl sites for hydroxylation is 3. The molecule has 5 heterocycles. The van der Waals surface area contributed by atoms with E-state index in [4.69, 9.17) is 4.74 Å². The van der Waals surface area contributed by atoms with Crippen LogP contribution in [0, 0.1) is 26.2 Å². The molecule has 4 aromatic rings. The molecule has 0 radical (unpaired) electrons. The van der Waals surface area contributed by atoms with E-state index in [0.717, 1.165) is 4.40 Å². The zero-order valence-electron chi connectivity index (χ0n) is 25.2. The van der Waals surface area contributed by atoms with E-state index in [1.54, 1.807) is 33.0 Å². The molecule has 1 aliphatic heterocycles. The number of sulfonamides is 1. The van der Waals surface area contributed by atoms with Crippen molar-refractivity contribution in [3.63, 3.8) is 0 Å². The summed E-state index contributed by atoms with van der Waals surface area (Å²) in [6, 6.07) is 4.70. The number of carbonyl (C=O) groups is 1. The van der Waals surface area contributed by atoms with Gasteiger partial charge in [-0.1, -0.05) is 6.07 Å². The highest BCUT2D eigenvalue weighted by atomic mass is 32.2. The molecule has 1 aliphatic carbocycles. The van der Waals surface area contributed by atoms with Crippen molar-refractivity contribution in [1.29, 1.82) is 0 Å². The molecule has 4 aromatic heterocycles. The van der Waals surface area contributed by atoms with Crippen LogP contribution < -0.4 is 4.74 Å². The minimum Gasteiger partial charge on any atom is -0.481 e. The van der Waals surface area contributed by atoms with E-state index in [0.29, 0.717) is 46.4 Å². The molecule has 1 atom stereocenters. The third kappa shape index (κ3) is 5.21. The SMILES string of the molecule is Cc1cnc2c(c1)S(=O)(=O)N(Cc1cc([C@@H](c3ccn4c(C(F)(F)F)nnc4c3C)C(C)(C)C(=O)O)cnc1C)CC1(CC1)O2. The zero-order chi connectivity index (χ0) is 32.7. The first-order valence-corrected chi connectivity index (χ1v) is 15.6. The molecule has 1 N–H and O–H groups in total. The van der Waals surface area contributed by atoms with Gasteiger partial charge >= 0.3 is 12.1 Å². The summed E-state index contributed by atoms with van der Waals surface area (Å²) in [6.07, 6.45) is 0.857. The molecule has 0 saturated heterocycles. The number of hydrogen-bond donors (Lipinski definition) is 1. The molecule has 11 nitrogen and oxygen atoms in total. The summed E-state index contributed by atoms with van der Waals surface area (Å²) < 4.78 is 76.8. The molecule has 1 spiro atoms. The number of carboxylic acid groups (broad SMARTS) is 1. The van der Waals surface area contributed by atoms with Crippen LogP contribution in [0.15, 0.2) is 41.7 Å². The van der Waals surface area contributed by atoms with Crippen molar-refractivity contribution < 1.29 is 36.2 Å². The minimum absolute atomic E-state index is 0.0200. The highest BCUT2D eigenvalue weighted by Crippen LogP contribution is 2.47. The zero-order valence-corrected chi connectivity index (χ0v) is 26.0. The van der Waals surface area contributed by atoms with Crippen molar-refractivity contribution in [3.8, 4) is 5.88 Å². The second kappa shape index (κ2) is 10.2. The van der Waals surface area contributed by atoms with Crippen LogP contribution in [0.1, 0.15) is 71.9 Å². The molecule has 15 heteroatoms. The lowest BCUT2D eigenvalue weighted by Gasteiger charge is -2.33. The molecule has 0 aromatic carbocycles. The number of halogens is 3. The van der Waals surface area contributed by atoms with E-state index in [9.17, 15) is 31.5 Å². The van der Waals surface area contributed by atoms with Gasteiger partial charge in [-0.3, -0.25) is 14.2 Å². The van der Waals surface area contributed by atoms with Gasteiger partial charge in [0.1, 0.15) is 10.5 Å². The number of rotatable bonds is 6. The van der Waals surface area contributed by atoms with Crippen molar-refractivity contribution in [1.82, 2.24) is 28.9 Å². The smallest absolute Gasteiger partial charge is 0.452 e. The number of ether oxygens (including phenoxy) is 1. The lowest BCUT2D eigenvalue weighted by atomic mass is 9.70. The number of hydrogen-bond acceptors (Lipinski definition) is 8. The number of carboxylic acids is 1. The summed E-state index contributed by atoms with van der Waals surface area (Å²) >= 11 is 0. The average molecular weight is 645 g/mol. The number of fused-ring (bicyclic) bond motifs is 2. The van der Waals surface area contributed by atoms with Crippen molar-refractivity contribution >= 4 is 21.6 Å². The first kappa shape index (κ1) is 30.9. The Hall–Kier alpha value is -4.11. The molecule has 1 fully saturated rings. The Bertz CT molecular complexity index is 1970. The fourth-order valence-electron chi connectivity index (χ4n) is 5.93. The van der Waals surface area contributed by atoms with Crippen LogP contribution in [-0.2, 0) is 27.5 Å². The Morgan fingerprint density at radius 1 is 1.11 bits per heavy atom. The van der Waals surface area contributed by atoms with Gasteiger partial charge in [-0.25, -0.2) is 13.4 Å². The molecule has 0 amide bonds. The second-order valence-electron chi connectivity index (χ2n) is 12.5. The third-order valence-electron chi connectivity index (χ3n) is 8.76. The predicted molar refractivity (Wildman–Crippen MR) is 154 cm³/mol.